The Labute approximate surface area is 81.7 Å². The minimum atomic E-state index is 0.254. The minimum absolute atomic E-state index is 0.254. The van der Waals surface area contributed by atoms with Crippen molar-refractivity contribution in [2.24, 2.45) is 0 Å². The molecular formula is C10H23NO2. The fraction of sp³-hybridized carbons (Fsp3) is 1.00. The molecule has 0 aliphatic rings. The van der Waals surface area contributed by atoms with Crippen LogP contribution in [0.2, 0.25) is 0 Å². The van der Waals surface area contributed by atoms with Crippen LogP contribution in [0.5, 0.6) is 0 Å². The second-order valence-corrected chi connectivity index (χ2v) is 3.12. The van der Waals surface area contributed by atoms with E-state index in [0.717, 1.165) is 45.7 Å². The summed E-state index contributed by atoms with van der Waals surface area (Å²) in [7, 11) is 0. The standard InChI is InChI=1S/C10H23NO2/c1-3-9-13-10-5-6-11(4-2)7-8-12/h12H,3-10H2,1-2H3. The van der Waals surface area contributed by atoms with Gasteiger partial charge in [-0.25, -0.2) is 0 Å². The van der Waals surface area contributed by atoms with E-state index in [2.05, 4.69) is 18.7 Å². The van der Waals surface area contributed by atoms with Gasteiger partial charge in [0.05, 0.1) is 6.61 Å². The van der Waals surface area contributed by atoms with Gasteiger partial charge < -0.3 is 14.7 Å². The van der Waals surface area contributed by atoms with Gasteiger partial charge in [-0.15, -0.1) is 0 Å². The van der Waals surface area contributed by atoms with E-state index in [4.69, 9.17) is 9.84 Å². The Hall–Kier alpha value is -0.120. The van der Waals surface area contributed by atoms with Gasteiger partial charge >= 0.3 is 0 Å². The maximum atomic E-state index is 8.74. The van der Waals surface area contributed by atoms with E-state index in [1.54, 1.807) is 0 Å². The molecule has 3 nitrogen and oxygen atoms in total. The van der Waals surface area contributed by atoms with Crippen molar-refractivity contribution in [2.75, 3.05) is 39.5 Å². The van der Waals surface area contributed by atoms with Crippen molar-refractivity contribution < 1.29 is 9.84 Å². The predicted octanol–water partition coefficient (Wildman–Crippen LogP) is 1.12. The molecule has 0 aromatic rings. The summed E-state index contributed by atoms with van der Waals surface area (Å²) in [5, 5.41) is 8.74. The summed E-state index contributed by atoms with van der Waals surface area (Å²) in [6.45, 7) is 9.01. The highest BCUT2D eigenvalue weighted by Gasteiger charge is 1.99. The predicted molar refractivity (Wildman–Crippen MR) is 54.9 cm³/mol. The lowest BCUT2D eigenvalue weighted by Gasteiger charge is -2.18. The van der Waals surface area contributed by atoms with Crippen LogP contribution < -0.4 is 0 Å². The summed E-state index contributed by atoms with van der Waals surface area (Å²) in [5.41, 5.74) is 0. The van der Waals surface area contributed by atoms with Gasteiger partial charge in [-0.3, -0.25) is 0 Å². The molecule has 0 fully saturated rings. The second kappa shape index (κ2) is 9.96. The summed E-state index contributed by atoms with van der Waals surface area (Å²) < 4.78 is 5.37. The summed E-state index contributed by atoms with van der Waals surface area (Å²) in [5.74, 6) is 0. The Kier molecular flexibility index (Phi) is 9.87. The van der Waals surface area contributed by atoms with Crippen LogP contribution in [0.3, 0.4) is 0 Å². The van der Waals surface area contributed by atoms with E-state index < -0.39 is 0 Å². The topological polar surface area (TPSA) is 32.7 Å². The van der Waals surface area contributed by atoms with Crippen molar-refractivity contribution in [3.63, 3.8) is 0 Å². The third kappa shape index (κ3) is 8.22. The number of aliphatic hydroxyl groups is 1. The zero-order valence-corrected chi connectivity index (χ0v) is 8.96. The van der Waals surface area contributed by atoms with Gasteiger partial charge in [0, 0.05) is 26.3 Å². The maximum absolute atomic E-state index is 8.74. The van der Waals surface area contributed by atoms with Crippen LogP contribution in [0.1, 0.15) is 26.7 Å². The average molecular weight is 189 g/mol. The molecule has 0 bridgehead atoms. The maximum Gasteiger partial charge on any atom is 0.0558 e. The van der Waals surface area contributed by atoms with Gasteiger partial charge in [-0.2, -0.15) is 0 Å². The number of aliphatic hydroxyl groups excluding tert-OH is 1. The van der Waals surface area contributed by atoms with Gasteiger partial charge in [0.1, 0.15) is 0 Å². The molecule has 13 heavy (non-hydrogen) atoms. The van der Waals surface area contributed by atoms with Gasteiger partial charge in [0.15, 0.2) is 0 Å². The monoisotopic (exact) mass is 189 g/mol. The Morgan fingerprint density at radius 3 is 2.46 bits per heavy atom. The van der Waals surface area contributed by atoms with Crippen LogP contribution >= 0.6 is 0 Å². The molecule has 3 heteroatoms. The van der Waals surface area contributed by atoms with E-state index >= 15 is 0 Å². The molecule has 80 valence electrons. The number of rotatable bonds is 9. The van der Waals surface area contributed by atoms with Crippen LogP contribution in [0.4, 0.5) is 0 Å². The second-order valence-electron chi connectivity index (χ2n) is 3.12. The van der Waals surface area contributed by atoms with Crippen molar-refractivity contribution in [3.05, 3.63) is 0 Å². The first-order chi connectivity index (χ1) is 6.35. The molecule has 0 saturated carbocycles. The summed E-state index contributed by atoms with van der Waals surface area (Å²) >= 11 is 0. The lowest BCUT2D eigenvalue weighted by molar-refractivity contribution is 0.117. The Morgan fingerprint density at radius 1 is 1.15 bits per heavy atom. The molecular weight excluding hydrogens is 166 g/mol. The molecule has 0 amide bonds. The van der Waals surface area contributed by atoms with Crippen LogP contribution in [0, 0.1) is 0 Å². The van der Waals surface area contributed by atoms with Gasteiger partial charge in [-0.05, 0) is 19.4 Å². The summed E-state index contributed by atoms with van der Waals surface area (Å²) in [4.78, 5) is 2.23. The quantitative estimate of drug-likeness (QED) is 0.552. The van der Waals surface area contributed by atoms with Crippen molar-refractivity contribution in [3.8, 4) is 0 Å². The molecule has 0 rings (SSSR count). The molecule has 0 aromatic heterocycles. The SMILES string of the molecule is CCCOCCCN(CC)CCO. The summed E-state index contributed by atoms with van der Waals surface area (Å²) in [6, 6.07) is 0. The minimum Gasteiger partial charge on any atom is -0.395 e. The molecule has 0 atom stereocenters. The molecule has 0 spiro atoms. The molecule has 0 unspecified atom stereocenters. The van der Waals surface area contributed by atoms with Gasteiger partial charge in [0.25, 0.3) is 0 Å². The highest BCUT2D eigenvalue weighted by molar-refractivity contribution is 4.53. The first-order valence-corrected chi connectivity index (χ1v) is 5.26. The normalized spacial score (nSPS) is 11.1. The summed E-state index contributed by atoms with van der Waals surface area (Å²) in [6.07, 6.45) is 2.15. The first-order valence-electron chi connectivity index (χ1n) is 5.26. The number of hydrogen-bond donors (Lipinski definition) is 1. The number of nitrogens with zero attached hydrogens (tertiary/aromatic N) is 1. The third-order valence-electron chi connectivity index (χ3n) is 1.97. The van der Waals surface area contributed by atoms with Crippen molar-refractivity contribution in [2.45, 2.75) is 26.7 Å². The molecule has 0 radical (unpaired) electrons. The van der Waals surface area contributed by atoms with Gasteiger partial charge in [-0.1, -0.05) is 13.8 Å². The Bertz CT molecular complexity index is 98.9. The van der Waals surface area contributed by atoms with Crippen LogP contribution in [0.25, 0.3) is 0 Å². The smallest absolute Gasteiger partial charge is 0.0558 e. The van der Waals surface area contributed by atoms with Crippen molar-refractivity contribution in [1.29, 1.82) is 0 Å². The zero-order chi connectivity index (χ0) is 9.94. The van der Waals surface area contributed by atoms with E-state index in [0.29, 0.717) is 0 Å². The highest BCUT2D eigenvalue weighted by Crippen LogP contribution is 1.92. The zero-order valence-electron chi connectivity index (χ0n) is 8.96. The van der Waals surface area contributed by atoms with E-state index in [1.807, 2.05) is 0 Å². The number of ether oxygens (including phenoxy) is 1. The van der Waals surface area contributed by atoms with Crippen molar-refractivity contribution >= 4 is 0 Å². The van der Waals surface area contributed by atoms with Crippen LogP contribution in [0.15, 0.2) is 0 Å². The molecule has 0 saturated heterocycles. The third-order valence-corrected chi connectivity index (χ3v) is 1.97. The van der Waals surface area contributed by atoms with Gasteiger partial charge in [0.2, 0.25) is 0 Å². The first kappa shape index (κ1) is 12.9. The molecule has 0 aromatic carbocycles. The average Bonchev–Trinajstić information content (AvgIpc) is 2.16. The lowest BCUT2D eigenvalue weighted by atomic mass is 10.4. The van der Waals surface area contributed by atoms with Crippen LogP contribution in [-0.2, 0) is 4.74 Å². The van der Waals surface area contributed by atoms with Crippen LogP contribution in [-0.4, -0.2) is 49.5 Å². The molecule has 0 aliphatic heterocycles. The van der Waals surface area contributed by atoms with E-state index in [1.165, 1.54) is 0 Å². The Balaban J connectivity index is 3.17. The fourth-order valence-electron chi connectivity index (χ4n) is 1.21. The van der Waals surface area contributed by atoms with E-state index in [-0.39, 0.29) is 6.61 Å². The largest absolute Gasteiger partial charge is 0.395 e. The van der Waals surface area contributed by atoms with E-state index in [9.17, 15) is 0 Å². The number of hydrogen-bond acceptors (Lipinski definition) is 3. The Morgan fingerprint density at radius 2 is 1.92 bits per heavy atom. The fourth-order valence-corrected chi connectivity index (χ4v) is 1.21. The molecule has 0 heterocycles. The molecule has 1 N–H and O–H groups in total. The number of likely N-dealkylation sites (N-methyl/N-ethyl adjacent to an activating group) is 1. The lowest BCUT2D eigenvalue weighted by Crippen LogP contribution is -2.28. The van der Waals surface area contributed by atoms with Crippen molar-refractivity contribution in [1.82, 2.24) is 4.90 Å². The molecule has 0 aliphatic carbocycles. The highest BCUT2D eigenvalue weighted by atomic mass is 16.5.